The van der Waals surface area contributed by atoms with Crippen LogP contribution in [0.5, 0.6) is 0 Å². The van der Waals surface area contributed by atoms with Gasteiger partial charge in [-0.05, 0) is 44.9 Å². The molecule has 0 aromatic rings. The van der Waals surface area contributed by atoms with Crippen LogP contribution in [0, 0.1) is 0 Å². The number of nitrogens with one attached hydrogen (secondary N) is 1. The largest absolute Gasteiger partial charge is 0.391 e. The zero-order chi connectivity index (χ0) is 31.2. The van der Waals surface area contributed by atoms with Gasteiger partial charge in [-0.3, -0.25) is 9.35 Å². The Morgan fingerprint density at radius 1 is 0.643 bits per heavy atom. The molecule has 0 radical (unpaired) electrons. The molecule has 7 heteroatoms. The number of carbonyl (C=O) groups is 1. The number of allylic oxidation sites excluding steroid dienone is 4. The van der Waals surface area contributed by atoms with Gasteiger partial charge < -0.3 is 10.4 Å². The first-order chi connectivity index (χ1) is 20.3. The van der Waals surface area contributed by atoms with Crippen LogP contribution in [0.3, 0.4) is 0 Å². The van der Waals surface area contributed by atoms with Crippen LogP contribution in [0.1, 0.15) is 174 Å². The van der Waals surface area contributed by atoms with Crippen molar-refractivity contribution in [2.24, 2.45) is 0 Å². The lowest BCUT2D eigenvalue weighted by molar-refractivity contribution is -0.122. The van der Waals surface area contributed by atoms with Gasteiger partial charge in [0.1, 0.15) is 0 Å². The lowest BCUT2D eigenvalue weighted by Gasteiger charge is -2.23. The van der Waals surface area contributed by atoms with Crippen molar-refractivity contribution in [1.82, 2.24) is 5.32 Å². The Kier molecular flexibility index (Phi) is 29.0. The second-order valence-electron chi connectivity index (χ2n) is 12.1. The third-order valence-electron chi connectivity index (χ3n) is 7.91. The monoisotopic (exact) mass is 613 g/mol. The summed E-state index contributed by atoms with van der Waals surface area (Å²) in [6, 6.07) is -0.970. The van der Waals surface area contributed by atoms with Crippen LogP contribution in [0.15, 0.2) is 24.3 Å². The van der Waals surface area contributed by atoms with E-state index in [9.17, 15) is 22.9 Å². The summed E-state index contributed by atoms with van der Waals surface area (Å²) >= 11 is 0. The topological polar surface area (TPSA) is 104 Å². The standard InChI is InChI=1S/C35H67NO5S/c1-3-5-7-9-11-13-15-16-17-18-19-20-21-23-25-27-29-31-35(38)36-33(32-42(39,40)41)34(37)30-28-26-24-22-14-12-10-8-6-4-2/h11,13,16-17,33-34,37H,3-10,12,14-15,18-32H2,1-2H3,(H,36,38)(H,39,40,41)/b13-11-,17-16-. The fourth-order valence-electron chi connectivity index (χ4n) is 5.25. The molecule has 2 atom stereocenters. The summed E-state index contributed by atoms with van der Waals surface area (Å²) in [6.45, 7) is 4.46. The highest BCUT2D eigenvalue weighted by Gasteiger charge is 2.26. The van der Waals surface area contributed by atoms with Gasteiger partial charge in [-0.25, -0.2) is 0 Å². The summed E-state index contributed by atoms with van der Waals surface area (Å²) in [5.74, 6) is -0.906. The Balaban J connectivity index is 3.93. The quantitative estimate of drug-likeness (QED) is 0.0410. The van der Waals surface area contributed by atoms with Crippen molar-refractivity contribution in [2.75, 3.05) is 5.75 Å². The molecule has 0 heterocycles. The van der Waals surface area contributed by atoms with Gasteiger partial charge in [-0.2, -0.15) is 8.42 Å². The number of rotatable bonds is 31. The third-order valence-corrected chi connectivity index (χ3v) is 8.69. The van der Waals surface area contributed by atoms with Gasteiger partial charge >= 0.3 is 0 Å². The van der Waals surface area contributed by atoms with E-state index in [4.69, 9.17) is 0 Å². The number of amides is 1. The molecule has 42 heavy (non-hydrogen) atoms. The van der Waals surface area contributed by atoms with E-state index in [1.165, 1.54) is 89.9 Å². The minimum atomic E-state index is -4.30. The van der Waals surface area contributed by atoms with Crippen LogP contribution in [0.4, 0.5) is 0 Å². The third kappa shape index (κ3) is 30.3. The van der Waals surface area contributed by atoms with E-state index in [2.05, 4.69) is 43.5 Å². The molecule has 6 nitrogen and oxygen atoms in total. The minimum absolute atomic E-state index is 0.256. The van der Waals surface area contributed by atoms with Crippen LogP contribution in [0.2, 0.25) is 0 Å². The first kappa shape index (κ1) is 40.8. The van der Waals surface area contributed by atoms with Crippen molar-refractivity contribution in [1.29, 1.82) is 0 Å². The fraction of sp³-hybridized carbons (Fsp3) is 0.857. The molecule has 0 fully saturated rings. The first-order valence-corrected chi connectivity index (χ1v) is 19.1. The van der Waals surface area contributed by atoms with E-state index in [0.29, 0.717) is 12.8 Å². The molecule has 0 aromatic carbocycles. The average molecular weight is 614 g/mol. The van der Waals surface area contributed by atoms with Crippen molar-refractivity contribution in [3.63, 3.8) is 0 Å². The maximum Gasteiger partial charge on any atom is 0.266 e. The second-order valence-corrected chi connectivity index (χ2v) is 13.6. The van der Waals surface area contributed by atoms with E-state index in [1.807, 2.05) is 0 Å². The molecule has 3 N–H and O–H groups in total. The minimum Gasteiger partial charge on any atom is -0.391 e. The summed E-state index contributed by atoms with van der Waals surface area (Å²) in [7, 11) is -4.30. The summed E-state index contributed by atoms with van der Waals surface area (Å²) in [6.07, 6.45) is 35.5. The Bertz CT molecular complexity index is 765. The zero-order valence-corrected chi connectivity index (χ0v) is 28.2. The molecule has 0 aliphatic carbocycles. The van der Waals surface area contributed by atoms with E-state index >= 15 is 0 Å². The van der Waals surface area contributed by atoms with Gasteiger partial charge in [0, 0.05) is 6.42 Å². The van der Waals surface area contributed by atoms with E-state index in [-0.39, 0.29) is 5.91 Å². The van der Waals surface area contributed by atoms with Crippen LogP contribution in [0.25, 0.3) is 0 Å². The average Bonchev–Trinajstić information content (AvgIpc) is 2.94. The Morgan fingerprint density at radius 3 is 1.60 bits per heavy atom. The number of carbonyl (C=O) groups excluding carboxylic acids is 1. The maximum atomic E-state index is 12.4. The van der Waals surface area contributed by atoms with Gasteiger partial charge in [-0.15, -0.1) is 0 Å². The molecular weight excluding hydrogens is 546 g/mol. The molecule has 248 valence electrons. The summed E-state index contributed by atoms with van der Waals surface area (Å²) in [4.78, 5) is 12.4. The van der Waals surface area contributed by atoms with Gasteiger partial charge in [0.2, 0.25) is 5.91 Å². The van der Waals surface area contributed by atoms with Crippen LogP contribution >= 0.6 is 0 Å². The Morgan fingerprint density at radius 2 is 1.07 bits per heavy atom. The molecule has 2 unspecified atom stereocenters. The van der Waals surface area contributed by atoms with Gasteiger partial charge in [0.05, 0.1) is 17.9 Å². The molecule has 0 aromatic heterocycles. The van der Waals surface area contributed by atoms with Gasteiger partial charge in [-0.1, -0.05) is 147 Å². The summed E-state index contributed by atoms with van der Waals surface area (Å²) in [5.41, 5.74) is 0. The van der Waals surface area contributed by atoms with Crippen molar-refractivity contribution in [3.8, 4) is 0 Å². The van der Waals surface area contributed by atoms with Crippen LogP contribution < -0.4 is 5.32 Å². The summed E-state index contributed by atoms with van der Waals surface area (Å²) < 4.78 is 32.3. The lowest BCUT2D eigenvalue weighted by Crippen LogP contribution is -2.47. The first-order valence-electron chi connectivity index (χ1n) is 17.5. The van der Waals surface area contributed by atoms with Crippen molar-refractivity contribution < 1.29 is 22.9 Å². The second kappa shape index (κ2) is 29.9. The smallest absolute Gasteiger partial charge is 0.266 e. The Hall–Kier alpha value is -1.18. The van der Waals surface area contributed by atoms with E-state index in [1.54, 1.807) is 0 Å². The predicted octanol–water partition coefficient (Wildman–Crippen LogP) is 9.62. The molecule has 0 aliphatic rings. The molecule has 0 bridgehead atoms. The van der Waals surface area contributed by atoms with Gasteiger partial charge in [0.15, 0.2) is 0 Å². The molecule has 0 saturated carbocycles. The van der Waals surface area contributed by atoms with Crippen LogP contribution in [-0.2, 0) is 14.9 Å². The molecule has 0 spiro atoms. The highest BCUT2D eigenvalue weighted by atomic mass is 32.2. The molecule has 0 aliphatic heterocycles. The normalized spacial score (nSPS) is 13.7. The number of unbranched alkanes of at least 4 members (excludes halogenated alkanes) is 19. The number of hydrogen-bond acceptors (Lipinski definition) is 4. The SMILES string of the molecule is CCCCC/C=C\C/C=C\CCCCCCCCCC(=O)NC(CS(=O)(=O)O)C(O)CCCCCCCCCCCC. The lowest BCUT2D eigenvalue weighted by atomic mass is 10.0. The number of aliphatic hydroxyl groups excluding tert-OH is 1. The molecule has 0 rings (SSSR count). The number of aliphatic hydroxyl groups is 1. The molecule has 1 amide bonds. The van der Waals surface area contributed by atoms with Gasteiger partial charge in [0.25, 0.3) is 10.1 Å². The fourth-order valence-corrected chi connectivity index (χ4v) is 6.01. The highest BCUT2D eigenvalue weighted by molar-refractivity contribution is 7.85. The van der Waals surface area contributed by atoms with Crippen molar-refractivity contribution in [2.45, 2.75) is 187 Å². The number of hydrogen-bond donors (Lipinski definition) is 3. The van der Waals surface area contributed by atoms with E-state index in [0.717, 1.165) is 57.8 Å². The predicted molar refractivity (Wildman–Crippen MR) is 179 cm³/mol. The Labute approximate surface area is 260 Å². The highest BCUT2D eigenvalue weighted by Crippen LogP contribution is 2.15. The van der Waals surface area contributed by atoms with E-state index < -0.39 is 28.0 Å². The molecular formula is C35H67NO5S. The van der Waals surface area contributed by atoms with Crippen molar-refractivity contribution in [3.05, 3.63) is 24.3 Å². The van der Waals surface area contributed by atoms with Crippen LogP contribution in [-0.4, -0.2) is 41.9 Å². The maximum absolute atomic E-state index is 12.4. The zero-order valence-electron chi connectivity index (χ0n) is 27.4. The summed E-state index contributed by atoms with van der Waals surface area (Å²) in [5, 5.41) is 13.2. The van der Waals surface area contributed by atoms with Crippen molar-refractivity contribution >= 4 is 16.0 Å². The molecule has 0 saturated heterocycles.